The molecule has 5 rings (SSSR count). The number of hydrogen-bond acceptors (Lipinski definition) is 4. The Morgan fingerprint density at radius 3 is 2.71 bits per heavy atom. The van der Waals surface area contributed by atoms with Crippen molar-refractivity contribution in [1.29, 1.82) is 0 Å². The molecule has 0 aromatic carbocycles. The Balaban J connectivity index is 1.45. The quantitative estimate of drug-likeness (QED) is 0.776. The Kier molecular flexibility index (Phi) is 4.48. The molecule has 0 amide bonds. The lowest BCUT2D eigenvalue weighted by molar-refractivity contribution is -0.172. The number of fused-ring (bicyclic) bond motifs is 5. The highest BCUT2D eigenvalue weighted by atomic mass is 16.5. The van der Waals surface area contributed by atoms with E-state index in [9.17, 15) is 5.11 Å². The third-order valence-electron chi connectivity index (χ3n) is 9.87. The predicted molar refractivity (Wildman–Crippen MR) is 108 cm³/mol. The molecule has 1 N–H and O–H groups in total. The van der Waals surface area contributed by atoms with Crippen LogP contribution in [-0.4, -0.2) is 29.6 Å². The third-order valence-corrected chi connectivity index (χ3v) is 9.87. The van der Waals surface area contributed by atoms with Crippen LogP contribution in [-0.2, 0) is 4.74 Å². The number of ether oxygens (including phenoxy) is 1. The summed E-state index contributed by atoms with van der Waals surface area (Å²) < 4.78 is 11.5. The second-order valence-corrected chi connectivity index (χ2v) is 11.1. The average Bonchev–Trinajstić information content (AvgIpc) is 3.28. The first-order chi connectivity index (χ1) is 13.4. The summed E-state index contributed by atoms with van der Waals surface area (Å²) in [5.41, 5.74) is 0.149. The van der Waals surface area contributed by atoms with Gasteiger partial charge in [-0.15, -0.1) is 0 Å². The van der Waals surface area contributed by atoms with E-state index in [1.807, 2.05) is 20.2 Å². The van der Waals surface area contributed by atoms with Crippen molar-refractivity contribution in [3.63, 3.8) is 0 Å². The molecule has 1 aromatic rings. The summed E-state index contributed by atoms with van der Waals surface area (Å²) in [5.74, 6) is 4.61. The number of hydrogen-bond donors (Lipinski definition) is 1. The van der Waals surface area contributed by atoms with Gasteiger partial charge < -0.3 is 14.4 Å². The van der Waals surface area contributed by atoms with Crippen molar-refractivity contribution in [2.24, 2.45) is 34.5 Å². The molecule has 1 aromatic heterocycles. The van der Waals surface area contributed by atoms with Crippen LogP contribution in [0.1, 0.15) is 83.3 Å². The smallest absolute Gasteiger partial charge is 0.140 e. The van der Waals surface area contributed by atoms with Crippen LogP contribution in [0.15, 0.2) is 16.8 Å². The highest BCUT2D eigenvalue weighted by Crippen LogP contribution is 2.69. The average molecular weight is 388 g/mol. The number of methoxy groups -OCH3 is 1. The minimum Gasteiger partial charge on any atom is -0.390 e. The first-order valence-electron chi connectivity index (χ1n) is 11.5. The summed E-state index contributed by atoms with van der Waals surface area (Å²) in [5, 5.41) is 14.8. The van der Waals surface area contributed by atoms with Crippen molar-refractivity contribution in [2.45, 2.75) is 83.2 Å². The molecule has 0 saturated heterocycles. The van der Waals surface area contributed by atoms with Gasteiger partial charge in [-0.25, -0.2) is 0 Å². The van der Waals surface area contributed by atoms with Crippen LogP contribution < -0.4 is 0 Å². The SMILES string of the molecule is COC[C@]12CC[C@@](C)(O)C[C@H]1CC[C@H]1[C@@H]3CC[C@H](c4ccno4)[C@@]3(C)CC[C@@H]12. The number of aromatic nitrogens is 1. The lowest BCUT2D eigenvalue weighted by atomic mass is 9.43. The molecule has 4 aliphatic carbocycles. The third kappa shape index (κ3) is 2.66. The van der Waals surface area contributed by atoms with E-state index in [0.717, 1.165) is 49.4 Å². The monoisotopic (exact) mass is 387 g/mol. The molecule has 0 unspecified atom stereocenters. The van der Waals surface area contributed by atoms with Crippen molar-refractivity contribution in [2.75, 3.05) is 13.7 Å². The maximum absolute atomic E-state index is 10.8. The van der Waals surface area contributed by atoms with Crippen LogP contribution in [0.2, 0.25) is 0 Å². The Bertz CT molecular complexity index is 701. The molecule has 4 heteroatoms. The van der Waals surface area contributed by atoms with Crippen LogP contribution in [0.5, 0.6) is 0 Å². The lowest BCUT2D eigenvalue weighted by Gasteiger charge is -2.62. The Labute approximate surface area is 169 Å². The highest BCUT2D eigenvalue weighted by Gasteiger charge is 2.62. The Morgan fingerprint density at radius 1 is 1.11 bits per heavy atom. The van der Waals surface area contributed by atoms with E-state index in [2.05, 4.69) is 18.1 Å². The predicted octanol–water partition coefficient (Wildman–Crippen LogP) is 5.18. The van der Waals surface area contributed by atoms with Gasteiger partial charge in [0, 0.05) is 19.1 Å². The standard InChI is InChI=1S/C24H37NO3/c1-22(26)11-12-24(15-27-3)16(14-22)4-5-17-18-6-7-20(21-9-13-25-28-21)23(18,2)10-8-19(17)24/h9,13,16-20,26H,4-8,10-12,14-15H2,1-3H3/t16-,17+,18+,19+,20-,22-,23+,24-/m1/s1. The first kappa shape index (κ1) is 19.1. The van der Waals surface area contributed by atoms with Crippen molar-refractivity contribution >= 4 is 0 Å². The van der Waals surface area contributed by atoms with Crippen molar-refractivity contribution in [3.05, 3.63) is 18.0 Å². The fraction of sp³-hybridized carbons (Fsp3) is 0.875. The summed E-state index contributed by atoms with van der Waals surface area (Å²) in [6.45, 7) is 5.46. The van der Waals surface area contributed by atoms with E-state index in [1.54, 1.807) is 0 Å². The summed E-state index contributed by atoms with van der Waals surface area (Å²) in [7, 11) is 1.88. The topological polar surface area (TPSA) is 55.5 Å². The number of aliphatic hydroxyl groups is 1. The van der Waals surface area contributed by atoms with Gasteiger partial charge in [0.1, 0.15) is 5.76 Å². The zero-order valence-electron chi connectivity index (χ0n) is 17.8. The van der Waals surface area contributed by atoms with Crippen molar-refractivity contribution in [1.82, 2.24) is 5.16 Å². The largest absolute Gasteiger partial charge is 0.390 e. The van der Waals surface area contributed by atoms with Gasteiger partial charge in [0.05, 0.1) is 18.4 Å². The van der Waals surface area contributed by atoms with Crippen LogP contribution in [0, 0.1) is 34.5 Å². The fourth-order valence-corrected chi connectivity index (χ4v) is 8.66. The molecule has 156 valence electrons. The van der Waals surface area contributed by atoms with Crippen molar-refractivity contribution in [3.8, 4) is 0 Å². The normalized spacial score (nSPS) is 50.6. The molecule has 0 bridgehead atoms. The number of nitrogens with zero attached hydrogens (tertiary/aromatic N) is 1. The zero-order valence-corrected chi connectivity index (χ0v) is 17.8. The van der Waals surface area contributed by atoms with Gasteiger partial charge in [0.2, 0.25) is 0 Å². The van der Waals surface area contributed by atoms with Gasteiger partial charge in [-0.1, -0.05) is 12.1 Å². The molecule has 0 radical (unpaired) electrons. The van der Waals surface area contributed by atoms with Gasteiger partial charge in [0.15, 0.2) is 0 Å². The Hall–Kier alpha value is -0.870. The van der Waals surface area contributed by atoms with E-state index >= 15 is 0 Å². The van der Waals surface area contributed by atoms with E-state index in [1.165, 1.54) is 38.5 Å². The minimum atomic E-state index is -0.483. The summed E-state index contributed by atoms with van der Waals surface area (Å²) in [6, 6.07) is 2.09. The van der Waals surface area contributed by atoms with Gasteiger partial charge in [-0.05, 0) is 99.2 Å². The van der Waals surface area contributed by atoms with E-state index in [0.29, 0.717) is 17.3 Å². The minimum absolute atomic E-state index is 0.283. The fourth-order valence-electron chi connectivity index (χ4n) is 8.66. The van der Waals surface area contributed by atoms with Gasteiger partial charge in [0.25, 0.3) is 0 Å². The van der Waals surface area contributed by atoms with E-state index < -0.39 is 5.60 Å². The van der Waals surface area contributed by atoms with Crippen LogP contribution >= 0.6 is 0 Å². The van der Waals surface area contributed by atoms with Crippen LogP contribution in [0.3, 0.4) is 0 Å². The van der Waals surface area contributed by atoms with Gasteiger partial charge in [-0.3, -0.25) is 0 Å². The summed E-state index contributed by atoms with van der Waals surface area (Å²) in [4.78, 5) is 0. The maximum atomic E-state index is 10.8. The first-order valence-corrected chi connectivity index (χ1v) is 11.5. The van der Waals surface area contributed by atoms with Crippen LogP contribution in [0.4, 0.5) is 0 Å². The maximum Gasteiger partial charge on any atom is 0.140 e. The Morgan fingerprint density at radius 2 is 1.96 bits per heavy atom. The number of rotatable bonds is 3. The second kappa shape index (κ2) is 6.57. The molecule has 0 spiro atoms. The molecule has 4 nitrogen and oxygen atoms in total. The summed E-state index contributed by atoms with van der Waals surface area (Å²) >= 11 is 0. The molecule has 28 heavy (non-hydrogen) atoms. The van der Waals surface area contributed by atoms with Gasteiger partial charge in [-0.2, -0.15) is 0 Å². The molecule has 0 aliphatic heterocycles. The second-order valence-electron chi connectivity index (χ2n) is 11.1. The van der Waals surface area contributed by atoms with Crippen molar-refractivity contribution < 1.29 is 14.4 Å². The zero-order chi connectivity index (χ0) is 19.6. The molecule has 4 saturated carbocycles. The molecule has 8 atom stereocenters. The molecule has 1 heterocycles. The summed E-state index contributed by atoms with van der Waals surface area (Å²) in [6.07, 6.45) is 12.6. The molecular weight excluding hydrogens is 350 g/mol. The lowest BCUT2D eigenvalue weighted by Crippen LogP contribution is -2.58. The highest BCUT2D eigenvalue weighted by molar-refractivity contribution is 5.18. The molecular formula is C24H37NO3. The van der Waals surface area contributed by atoms with Crippen LogP contribution in [0.25, 0.3) is 0 Å². The molecule has 4 fully saturated rings. The van der Waals surface area contributed by atoms with E-state index in [-0.39, 0.29) is 5.41 Å². The van der Waals surface area contributed by atoms with Gasteiger partial charge >= 0.3 is 0 Å². The van der Waals surface area contributed by atoms with E-state index in [4.69, 9.17) is 9.26 Å². The molecule has 4 aliphatic rings.